The number of carbonyl (C=O) groups is 1. The van der Waals surface area contributed by atoms with Gasteiger partial charge in [0.15, 0.2) is 0 Å². The van der Waals surface area contributed by atoms with Gasteiger partial charge >= 0.3 is 0 Å². The molecule has 0 saturated carbocycles. The summed E-state index contributed by atoms with van der Waals surface area (Å²) in [4.78, 5) is 19.2. The van der Waals surface area contributed by atoms with Gasteiger partial charge in [-0.2, -0.15) is 0 Å². The molecule has 1 rings (SSSR count). The number of nitrogens with two attached hydrogens (primary N) is 1. The van der Waals surface area contributed by atoms with Crippen LogP contribution in [0.25, 0.3) is 0 Å². The maximum atomic E-state index is 11.7. The number of hydrogen-bond acceptors (Lipinski definition) is 4. The Hall–Kier alpha value is -0.910. The third-order valence-electron chi connectivity index (χ3n) is 1.98. The highest BCUT2D eigenvalue weighted by Gasteiger charge is 2.16. The van der Waals surface area contributed by atoms with Gasteiger partial charge in [0.1, 0.15) is 11.0 Å². The molecule has 0 saturated heterocycles. The minimum atomic E-state index is -0.581. The first-order chi connectivity index (χ1) is 7.88. The molecule has 0 radical (unpaired) electrons. The number of nitrogens with zero attached hydrogens (tertiary/aromatic N) is 2. The van der Waals surface area contributed by atoms with E-state index in [-0.39, 0.29) is 22.2 Å². The monoisotopic (exact) mass is 276 g/mol. The fourth-order valence-electron chi connectivity index (χ4n) is 1.29. The summed E-state index contributed by atoms with van der Waals surface area (Å²) in [6, 6.07) is 0.829. The fraction of sp³-hybridized carbons (Fsp3) is 0.500. The highest BCUT2D eigenvalue weighted by atomic mass is 35.5. The quantitative estimate of drug-likeness (QED) is 0.652. The topological polar surface area (TPSA) is 80.9 Å². The zero-order valence-corrected chi connectivity index (χ0v) is 11.1. The van der Waals surface area contributed by atoms with E-state index in [0.717, 1.165) is 0 Å². The predicted octanol–water partition coefficient (Wildman–Crippen LogP) is 2.10. The number of carbonyl (C=O) groups excluding carboxylic acids is 1. The van der Waals surface area contributed by atoms with Crippen molar-refractivity contribution in [1.82, 2.24) is 9.97 Å². The van der Waals surface area contributed by atoms with Crippen molar-refractivity contribution in [1.29, 1.82) is 0 Å². The molecule has 3 N–H and O–H groups in total. The number of nitrogens with one attached hydrogen (secondary N) is 1. The molecule has 1 amide bonds. The van der Waals surface area contributed by atoms with Crippen molar-refractivity contribution in [2.45, 2.75) is 26.3 Å². The van der Waals surface area contributed by atoms with Gasteiger partial charge in [-0.1, -0.05) is 25.4 Å². The molecule has 0 unspecified atom stereocenters. The van der Waals surface area contributed by atoms with Crippen LogP contribution in [0, 0.1) is 5.92 Å². The van der Waals surface area contributed by atoms with Crippen molar-refractivity contribution in [3.05, 3.63) is 16.5 Å². The Morgan fingerprint density at radius 1 is 1.47 bits per heavy atom. The zero-order valence-electron chi connectivity index (χ0n) is 9.58. The van der Waals surface area contributed by atoms with Crippen LogP contribution in [0.3, 0.4) is 0 Å². The van der Waals surface area contributed by atoms with Crippen molar-refractivity contribution in [2.75, 3.05) is 5.32 Å². The Morgan fingerprint density at radius 3 is 2.65 bits per heavy atom. The zero-order chi connectivity index (χ0) is 13.0. The van der Waals surface area contributed by atoms with Gasteiger partial charge in [-0.3, -0.25) is 4.79 Å². The lowest BCUT2D eigenvalue weighted by atomic mass is 10.0. The van der Waals surface area contributed by atoms with Crippen LogP contribution in [0.15, 0.2) is 6.07 Å². The molecule has 17 heavy (non-hydrogen) atoms. The van der Waals surface area contributed by atoms with Crippen LogP contribution in [0.5, 0.6) is 0 Å². The Kier molecular flexibility index (Phi) is 5.11. The van der Waals surface area contributed by atoms with Gasteiger partial charge in [0, 0.05) is 6.07 Å². The van der Waals surface area contributed by atoms with Gasteiger partial charge < -0.3 is 11.1 Å². The molecule has 5 nitrogen and oxygen atoms in total. The number of halogens is 2. The summed E-state index contributed by atoms with van der Waals surface area (Å²) in [5.41, 5.74) is 5.72. The summed E-state index contributed by atoms with van der Waals surface area (Å²) in [6.45, 7) is 3.98. The number of hydrogen-bond donors (Lipinski definition) is 2. The van der Waals surface area contributed by atoms with Crippen LogP contribution in [0.1, 0.15) is 20.3 Å². The van der Waals surface area contributed by atoms with E-state index in [9.17, 15) is 4.79 Å². The highest BCUT2D eigenvalue weighted by molar-refractivity contribution is 6.32. The van der Waals surface area contributed by atoms with Gasteiger partial charge in [-0.05, 0) is 23.9 Å². The van der Waals surface area contributed by atoms with E-state index >= 15 is 0 Å². The lowest BCUT2D eigenvalue weighted by molar-refractivity contribution is -0.117. The minimum Gasteiger partial charge on any atom is -0.320 e. The molecule has 0 fully saturated rings. The SMILES string of the molecule is CC(C)C[C@H](N)C(=O)Nc1cc(Cl)nc(Cl)n1. The smallest absolute Gasteiger partial charge is 0.242 e. The van der Waals surface area contributed by atoms with Crippen molar-refractivity contribution in [2.24, 2.45) is 11.7 Å². The number of rotatable bonds is 4. The summed E-state index contributed by atoms with van der Waals surface area (Å²) in [7, 11) is 0. The van der Waals surface area contributed by atoms with Crippen LogP contribution in [0.2, 0.25) is 10.4 Å². The van der Waals surface area contributed by atoms with E-state index in [0.29, 0.717) is 12.3 Å². The molecule has 7 heteroatoms. The molecule has 0 aliphatic carbocycles. The van der Waals surface area contributed by atoms with Crippen molar-refractivity contribution < 1.29 is 4.79 Å². The molecule has 0 aliphatic rings. The van der Waals surface area contributed by atoms with Gasteiger partial charge in [-0.15, -0.1) is 0 Å². The van der Waals surface area contributed by atoms with Crippen LogP contribution in [-0.4, -0.2) is 21.9 Å². The first kappa shape index (κ1) is 14.2. The Labute approximate surface area is 110 Å². The van der Waals surface area contributed by atoms with Crippen molar-refractivity contribution in [3.63, 3.8) is 0 Å². The van der Waals surface area contributed by atoms with Crippen LogP contribution in [-0.2, 0) is 4.79 Å². The molecule has 1 heterocycles. The maximum absolute atomic E-state index is 11.7. The Morgan fingerprint density at radius 2 is 2.12 bits per heavy atom. The molecule has 1 atom stereocenters. The molecule has 0 aliphatic heterocycles. The third-order valence-corrected chi connectivity index (χ3v) is 2.34. The van der Waals surface area contributed by atoms with E-state index in [2.05, 4.69) is 15.3 Å². The number of anilines is 1. The summed E-state index contributed by atoms with van der Waals surface area (Å²) in [5, 5.41) is 2.69. The first-order valence-corrected chi connectivity index (χ1v) is 5.90. The second kappa shape index (κ2) is 6.14. The molecule has 94 valence electrons. The Bertz CT molecular complexity index is 391. The van der Waals surface area contributed by atoms with E-state index < -0.39 is 6.04 Å². The second-order valence-corrected chi connectivity index (χ2v) is 4.80. The predicted molar refractivity (Wildman–Crippen MR) is 68.1 cm³/mol. The second-order valence-electron chi connectivity index (χ2n) is 4.07. The van der Waals surface area contributed by atoms with Gasteiger partial charge in [0.05, 0.1) is 6.04 Å². The average molecular weight is 277 g/mol. The summed E-state index contributed by atoms with van der Waals surface area (Å²) in [6.07, 6.45) is 0.596. The lowest BCUT2D eigenvalue weighted by Gasteiger charge is -2.13. The maximum Gasteiger partial charge on any atom is 0.242 e. The van der Waals surface area contributed by atoms with Crippen LogP contribution >= 0.6 is 23.2 Å². The first-order valence-electron chi connectivity index (χ1n) is 5.15. The minimum absolute atomic E-state index is 0.0229. The van der Waals surface area contributed by atoms with E-state index in [4.69, 9.17) is 28.9 Å². The molecule has 1 aromatic rings. The molecule has 1 aromatic heterocycles. The Balaban J connectivity index is 2.67. The molecule has 0 bridgehead atoms. The third kappa shape index (κ3) is 4.85. The molecule has 0 aromatic carbocycles. The molecule has 0 spiro atoms. The lowest BCUT2D eigenvalue weighted by Crippen LogP contribution is -2.36. The van der Waals surface area contributed by atoms with Crippen LogP contribution < -0.4 is 11.1 Å². The number of aromatic nitrogens is 2. The van der Waals surface area contributed by atoms with Crippen molar-refractivity contribution >= 4 is 34.9 Å². The van der Waals surface area contributed by atoms with E-state index in [1.165, 1.54) is 6.07 Å². The summed E-state index contributed by atoms with van der Waals surface area (Å²) < 4.78 is 0. The molecular formula is C10H14Cl2N4O. The van der Waals surface area contributed by atoms with E-state index in [1.807, 2.05) is 13.8 Å². The average Bonchev–Trinajstić information content (AvgIpc) is 2.14. The summed E-state index contributed by atoms with van der Waals surface area (Å²) >= 11 is 11.3. The van der Waals surface area contributed by atoms with Gasteiger partial charge in [0.25, 0.3) is 0 Å². The largest absolute Gasteiger partial charge is 0.320 e. The van der Waals surface area contributed by atoms with Crippen molar-refractivity contribution in [3.8, 4) is 0 Å². The van der Waals surface area contributed by atoms with Gasteiger partial charge in [-0.25, -0.2) is 9.97 Å². The summed E-state index contributed by atoms with van der Waals surface area (Å²) in [5.74, 6) is 0.275. The fourth-order valence-corrected chi connectivity index (χ4v) is 1.70. The van der Waals surface area contributed by atoms with E-state index in [1.54, 1.807) is 0 Å². The highest BCUT2D eigenvalue weighted by Crippen LogP contribution is 2.14. The van der Waals surface area contributed by atoms with Gasteiger partial charge in [0.2, 0.25) is 11.2 Å². The number of amides is 1. The molecular weight excluding hydrogens is 263 g/mol. The standard InChI is InChI=1S/C10H14Cl2N4O/c1-5(2)3-6(13)9(17)15-8-4-7(11)14-10(12)16-8/h4-6H,3,13H2,1-2H3,(H,14,15,16,17)/t6-/m0/s1. The normalized spacial score (nSPS) is 12.6. The van der Waals surface area contributed by atoms with Crippen LogP contribution in [0.4, 0.5) is 5.82 Å².